The van der Waals surface area contributed by atoms with E-state index in [4.69, 9.17) is 10.8 Å². The lowest BCUT2D eigenvalue weighted by atomic mass is 9.98. The number of hydrogen-bond donors (Lipinski definition) is 2. The van der Waals surface area contributed by atoms with Gasteiger partial charge in [-0.2, -0.15) is 0 Å². The first-order valence-corrected chi connectivity index (χ1v) is 5.74. The molecule has 1 aliphatic heterocycles. The van der Waals surface area contributed by atoms with Crippen LogP contribution in [0, 0.1) is 5.92 Å². The van der Waals surface area contributed by atoms with Gasteiger partial charge in [0.2, 0.25) is 5.91 Å². The molecule has 1 unspecified atom stereocenters. The van der Waals surface area contributed by atoms with Crippen molar-refractivity contribution in [1.29, 1.82) is 0 Å². The Labute approximate surface area is 95.6 Å². The lowest BCUT2D eigenvalue weighted by Gasteiger charge is -2.35. The third-order valence-electron chi connectivity index (χ3n) is 3.07. The van der Waals surface area contributed by atoms with Crippen LogP contribution in [-0.2, 0) is 9.59 Å². The van der Waals surface area contributed by atoms with Crippen LogP contribution in [0.4, 0.5) is 0 Å². The fourth-order valence-corrected chi connectivity index (χ4v) is 1.93. The molecule has 2 atom stereocenters. The molecule has 0 radical (unpaired) electrons. The fourth-order valence-electron chi connectivity index (χ4n) is 1.93. The average molecular weight is 228 g/mol. The highest BCUT2D eigenvalue weighted by Crippen LogP contribution is 2.19. The standard InChI is InChI=1S/C11H20N2O3/c1-7(2)9(12)10(14)13-6-4-3-5-8(13)11(15)16/h7-9H,3-6,12H2,1-2H3,(H,15,16)/t8?,9-/m1/s1. The molecule has 16 heavy (non-hydrogen) atoms. The van der Waals surface area contributed by atoms with Crippen LogP contribution in [0.2, 0.25) is 0 Å². The second kappa shape index (κ2) is 5.30. The van der Waals surface area contributed by atoms with Crippen molar-refractivity contribution in [2.24, 2.45) is 11.7 Å². The first-order chi connectivity index (χ1) is 7.45. The van der Waals surface area contributed by atoms with E-state index in [0.29, 0.717) is 13.0 Å². The average Bonchev–Trinajstić information content (AvgIpc) is 2.26. The molecular weight excluding hydrogens is 208 g/mol. The number of carboxylic acids is 1. The number of likely N-dealkylation sites (tertiary alicyclic amines) is 1. The molecule has 5 nitrogen and oxygen atoms in total. The van der Waals surface area contributed by atoms with Gasteiger partial charge in [0, 0.05) is 6.54 Å². The smallest absolute Gasteiger partial charge is 0.326 e. The second-order valence-corrected chi connectivity index (χ2v) is 4.65. The molecule has 1 saturated heterocycles. The van der Waals surface area contributed by atoms with Crippen molar-refractivity contribution < 1.29 is 14.7 Å². The molecule has 1 amide bonds. The predicted molar refractivity (Wildman–Crippen MR) is 59.8 cm³/mol. The fraction of sp³-hybridized carbons (Fsp3) is 0.818. The van der Waals surface area contributed by atoms with Crippen LogP contribution in [0.25, 0.3) is 0 Å². The number of hydrogen-bond acceptors (Lipinski definition) is 3. The Balaban J connectivity index is 2.75. The van der Waals surface area contributed by atoms with Crippen LogP contribution in [0.3, 0.4) is 0 Å². The summed E-state index contributed by atoms with van der Waals surface area (Å²) in [6, 6.07) is -1.29. The van der Waals surface area contributed by atoms with Gasteiger partial charge in [-0.15, -0.1) is 0 Å². The van der Waals surface area contributed by atoms with Crippen LogP contribution < -0.4 is 5.73 Å². The summed E-state index contributed by atoms with van der Waals surface area (Å²) in [7, 11) is 0. The van der Waals surface area contributed by atoms with E-state index in [1.807, 2.05) is 13.8 Å². The summed E-state index contributed by atoms with van der Waals surface area (Å²) >= 11 is 0. The summed E-state index contributed by atoms with van der Waals surface area (Å²) in [5.74, 6) is -1.13. The lowest BCUT2D eigenvalue weighted by molar-refractivity contribution is -0.153. The van der Waals surface area contributed by atoms with Gasteiger partial charge in [-0.1, -0.05) is 13.8 Å². The number of nitrogens with zero attached hydrogens (tertiary/aromatic N) is 1. The van der Waals surface area contributed by atoms with Crippen molar-refractivity contribution in [3.05, 3.63) is 0 Å². The number of carbonyl (C=O) groups excluding carboxylic acids is 1. The maximum absolute atomic E-state index is 12.0. The normalized spacial score (nSPS) is 23.2. The van der Waals surface area contributed by atoms with Gasteiger partial charge in [0.15, 0.2) is 0 Å². The number of amides is 1. The monoisotopic (exact) mass is 228 g/mol. The van der Waals surface area contributed by atoms with Crippen LogP contribution in [0.15, 0.2) is 0 Å². The summed E-state index contributed by atoms with van der Waals surface area (Å²) < 4.78 is 0. The van der Waals surface area contributed by atoms with E-state index in [1.165, 1.54) is 4.90 Å². The topological polar surface area (TPSA) is 83.6 Å². The van der Waals surface area contributed by atoms with Crippen LogP contribution >= 0.6 is 0 Å². The van der Waals surface area contributed by atoms with Gasteiger partial charge in [0.25, 0.3) is 0 Å². The van der Waals surface area contributed by atoms with Gasteiger partial charge in [-0.3, -0.25) is 4.79 Å². The van der Waals surface area contributed by atoms with Gasteiger partial charge in [-0.25, -0.2) is 4.79 Å². The molecule has 0 bridgehead atoms. The molecule has 0 aromatic carbocycles. The van der Waals surface area contributed by atoms with Gasteiger partial charge in [0.05, 0.1) is 6.04 Å². The number of piperidine rings is 1. The molecule has 0 spiro atoms. The molecule has 1 rings (SSSR count). The predicted octanol–water partition coefficient (Wildman–Crippen LogP) is 0.435. The maximum Gasteiger partial charge on any atom is 0.326 e. The molecule has 92 valence electrons. The Hall–Kier alpha value is -1.10. The number of aliphatic carboxylic acids is 1. The van der Waals surface area contributed by atoms with E-state index in [-0.39, 0.29) is 11.8 Å². The zero-order chi connectivity index (χ0) is 12.3. The van der Waals surface area contributed by atoms with Crippen LogP contribution in [-0.4, -0.2) is 40.5 Å². The highest BCUT2D eigenvalue weighted by atomic mass is 16.4. The molecule has 1 aliphatic rings. The Morgan fingerprint density at radius 1 is 1.38 bits per heavy atom. The number of carbonyl (C=O) groups is 2. The van der Waals surface area contributed by atoms with Gasteiger partial charge in [0.1, 0.15) is 6.04 Å². The third-order valence-corrected chi connectivity index (χ3v) is 3.07. The Bertz CT molecular complexity index is 278. The minimum absolute atomic E-state index is 0.0314. The Morgan fingerprint density at radius 2 is 2.00 bits per heavy atom. The minimum atomic E-state index is -0.927. The quantitative estimate of drug-likeness (QED) is 0.734. The second-order valence-electron chi connectivity index (χ2n) is 4.65. The van der Waals surface area contributed by atoms with Crippen molar-refractivity contribution in [3.8, 4) is 0 Å². The molecule has 0 saturated carbocycles. The highest BCUT2D eigenvalue weighted by molar-refractivity contribution is 5.87. The SMILES string of the molecule is CC(C)[C@@H](N)C(=O)N1CCCCC1C(=O)O. The van der Waals surface area contributed by atoms with Crippen molar-refractivity contribution in [3.63, 3.8) is 0 Å². The summed E-state index contributed by atoms with van der Waals surface area (Å²) in [5, 5.41) is 9.04. The van der Waals surface area contributed by atoms with Crippen LogP contribution in [0.5, 0.6) is 0 Å². The largest absolute Gasteiger partial charge is 0.480 e. The third kappa shape index (κ3) is 2.72. The van der Waals surface area contributed by atoms with Crippen LogP contribution in [0.1, 0.15) is 33.1 Å². The first-order valence-electron chi connectivity index (χ1n) is 5.74. The molecule has 1 fully saturated rings. The molecule has 5 heteroatoms. The summed E-state index contributed by atoms with van der Waals surface area (Å²) in [6.45, 7) is 4.24. The van der Waals surface area contributed by atoms with Gasteiger partial charge < -0.3 is 15.7 Å². The maximum atomic E-state index is 12.0. The summed E-state index contributed by atoms with van der Waals surface area (Å²) in [6.07, 6.45) is 2.25. The van der Waals surface area contributed by atoms with E-state index in [2.05, 4.69) is 0 Å². The molecular formula is C11H20N2O3. The van der Waals surface area contributed by atoms with Crippen molar-refractivity contribution in [1.82, 2.24) is 4.90 Å². The molecule has 0 aliphatic carbocycles. The van der Waals surface area contributed by atoms with Gasteiger partial charge >= 0.3 is 5.97 Å². The summed E-state index contributed by atoms with van der Waals surface area (Å²) in [5.41, 5.74) is 5.77. The zero-order valence-corrected chi connectivity index (χ0v) is 9.85. The number of rotatable bonds is 3. The molecule has 0 aromatic rings. The van der Waals surface area contributed by atoms with Crippen molar-refractivity contribution in [2.75, 3.05) is 6.54 Å². The van der Waals surface area contributed by atoms with E-state index in [1.54, 1.807) is 0 Å². The van der Waals surface area contributed by atoms with Gasteiger partial charge in [-0.05, 0) is 25.2 Å². The Kier molecular flexibility index (Phi) is 4.29. The Morgan fingerprint density at radius 3 is 2.50 bits per heavy atom. The lowest BCUT2D eigenvalue weighted by Crippen LogP contribution is -2.54. The first kappa shape index (κ1) is 13.0. The van der Waals surface area contributed by atoms with Crippen molar-refractivity contribution in [2.45, 2.75) is 45.2 Å². The minimum Gasteiger partial charge on any atom is -0.480 e. The molecule has 0 aromatic heterocycles. The van der Waals surface area contributed by atoms with E-state index >= 15 is 0 Å². The number of carboxylic acid groups (broad SMARTS) is 1. The molecule has 3 N–H and O–H groups in total. The van der Waals surface area contributed by atoms with Crippen molar-refractivity contribution >= 4 is 11.9 Å². The molecule has 1 heterocycles. The summed E-state index contributed by atoms with van der Waals surface area (Å²) in [4.78, 5) is 24.4. The van der Waals surface area contributed by atoms with E-state index in [9.17, 15) is 9.59 Å². The van der Waals surface area contributed by atoms with E-state index < -0.39 is 18.1 Å². The van der Waals surface area contributed by atoms with E-state index in [0.717, 1.165) is 12.8 Å². The zero-order valence-electron chi connectivity index (χ0n) is 9.85. The highest BCUT2D eigenvalue weighted by Gasteiger charge is 2.34. The number of nitrogens with two attached hydrogens (primary N) is 1.